The summed E-state index contributed by atoms with van der Waals surface area (Å²) in [5.74, 6) is -1.41. The van der Waals surface area contributed by atoms with Crippen LogP contribution in [0.3, 0.4) is 0 Å². The summed E-state index contributed by atoms with van der Waals surface area (Å²) in [6.07, 6.45) is -1.42. The van der Waals surface area contributed by atoms with Crippen molar-refractivity contribution in [1.29, 1.82) is 0 Å². The van der Waals surface area contributed by atoms with Gasteiger partial charge in [0.05, 0.1) is 5.54 Å². The molecule has 1 aliphatic heterocycles. The van der Waals surface area contributed by atoms with Crippen molar-refractivity contribution in [3.63, 3.8) is 0 Å². The van der Waals surface area contributed by atoms with Crippen LogP contribution in [0.1, 0.15) is 20.3 Å². The molecule has 0 aromatic rings. The molecular weight excluding hydrogens is 250 g/mol. The molecule has 1 aliphatic rings. The van der Waals surface area contributed by atoms with E-state index in [1.807, 2.05) is 13.8 Å². The molecule has 1 fully saturated rings. The molecular formula is C12H23N3O4. The third kappa shape index (κ3) is 4.45. The fourth-order valence-electron chi connectivity index (χ4n) is 2.03. The summed E-state index contributed by atoms with van der Waals surface area (Å²) in [6, 6.07) is 0. The lowest BCUT2D eigenvalue weighted by Gasteiger charge is -2.39. The summed E-state index contributed by atoms with van der Waals surface area (Å²) in [6.45, 7) is 7.17. The number of rotatable bonds is 6. The molecule has 1 heterocycles. The fraction of sp³-hybridized carbons (Fsp3) is 0.833. The van der Waals surface area contributed by atoms with Gasteiger partial charge in [0.1, 0.15) is 0 Å². The maximum atomic E-state index is 12.1. The molecule has 0 aromatic heterocycles. The zero-order chi connectivity index (χ0) is 14.5. The number of carboxylic acids is 1. The summed E-state index contributed by atoms with van der Waals surface area (Å²) in [4.78, 5) is 24.6. The summed E-state index contributed by atoms with van der Waals surface area (Å²) in [5.41, 5.74) is -0.629. The van der Waals surface area contributed by atoms with Gasteiger partial charge in [0.2, 0.25) is 5.91 Å². The van der Waals surface area contributed by atoms with Gasteiger partial charge in [-0.05, 0) is 13.8 Å². The van der Waals surface area contributed by atoms with Crippen molar-refractivity contribution in [3.05, 3.63) is 0 Å². The number of aliphatic hydroxyl groups excluding tert-OH is 1. The Morgan fingerprint density at radius 2 is 1.95 bits per heavy atom. The molecule has 1 saturated heterocycles. The molecule has 1 rings (SSSR count). The third-order valence-electron chi connectivity index (χ3n) is 3.45. The highest BCUT2D eigenvalue weighted by Crippen LogP contribution is 2.15. The van der Waals surface area contributed by atoms with Gasteiger partial charge in [0.15, 0.2) is 6.10 Å². The van der Waals surface area contributed by atoms with Crippen LogP contribution in [-0.2, 0) is 9.59 Å². The van der Waals surface area contributed by atoms with E-state index in [4.69, 9.17) is 10.2 Å². The zero-order valence-electron chi connectivity index (χ0n) is 11.5. The van der Waals surface area contributed by atoms with Crippen LogP contribution in [0.2, 0.25) is 0 Å². The number of nitrogens with zero attached hydrogens (tertiary/aromatic N) is 1. The van der Waals surface area contributed by atoms with Crippen LogP contribution in [0.15, 0.2) is 0 Å². The maximum Gasteiger partial charge on any atom is 0.332 e. The average molecular weight is 273 g/mol. The number of hydrogen-bond acceptors (Lipinski definition) is 5. The van der Waals surface area contributed by atoms with E-state index in [1.165, 1.54) is 0 Å². The van der Waals surface area contributed by atoms with E-state index in [-0.39, 0.29) is 18.9 Å². The first-order valence-corrected chi connectivity index (χ1v) is 6.50. The first-order chi connectivity index (χ1) is 8.85. The third-order valence-corrected chi connectivity index (χ3v) is 3.45. The van der Waals surface area contributed by atoms with Crippen molar-refractivity contribution in [2.45, 2.75) is 31.9 Å². The van der Waals surface area contributed by atoms with Gasteiger partial charge in [-0.1, -0.05) is 0 Å². The molecule has 0 aromatic carbocycles. The number of piperazine rings is 1. The highest BCUT2D eigenvalue weighted by Gasteiger charge is 2.34. The second kappa shape index (κ2) is 6.83. The summed E-state index contributed by atoms with van der Waals surface area (Å²) in [5, 5.41) is 23.6. The van der Waals surface area contributed by atoms with Crippen molar-refractivity contribution < 1.29 is 19.8 Å². The van der Waals surface area contributed by atoms with E-state index in [2.05, 4.69) is 15.5 Å². The smallest absolute Gasteiger partial charge is 0.332 e. The Balaban J connectivity index is 2.40. The van der Waals surface area contributed by atoms with Crippen LogP contribution >= 0.6 is 0 Å². The molecule has 7 heteroatoms. The molecule has 4 N–H and O–H groups in total. The Morgan fingerprint density at radius 1 is 1.37 bits per heavy atom. The Morgan fingerprint density at radius 3 is 2.47 bits per heavy atom. The van der Waals surface area contributed by atoms with Crippen LogP contribution in [0.4, 0.5) is 0 Å². The van der Waals surface area contributed by atoms with E-state index in [9.17, 15) is 9.59 Å². The number of aliphatic carboxylic acids is 1. The van der Waals surface area contributed by atoms with Crippen molar-refractivity contribution in [1.82, 2.24) is 15.5 Å². The molecule has 19 heavy (non-hydrogen) atoms. The summed E-state index contributed by atoms with van der Waals surface area (Å²) >= 11 is 0. The molecule has 110 valence electrons. The Kier molecular flexibility index (Phi) is 5.71. The first-order valence-electron chi connectivity index (χ1n) is 6.50. The number of nitrogens with one attached hydrogen (secondary N) is 2. The first kappa shape index (κ1) is 15.9. The number of carbonyl (C=O) groups is 2. The van der Waals surface area contributed by atoms with E-state index in [0.717, 1.165) is 26.2 Å². The molecule has 0 saturated carbocycles. The van der Waals surface area contributed by atoms with Crippen molar-refractivity contribution in [2.75, 3.05) is 32.7 Å². The Labute approximate surface area is 113 Å². The lowest BCUT2D eigenvalue weighted by molar-refractivity contribution is -0.147. The number of hydrogen-bond donors (Lipinski definition) is 4. The topological polar surface area (TPSA) is 102 Å². The monoisotopic (exact) mass is 273 g/mol. The molecule has 7 nitrogen and oxygen atoms in total. The second-order valence-electron chi connectivity index (χ2n) is 5.19. The van der Waals surface area contributed by atoms with Gasteiger partial charge < -0.3 is 20.8 Å². The number of amides is 1. The SMILES string of the molecule is CC(C)(C(=O)NCC[C@H](O)C(=O)O)N1CCNCC1. The molecule has 1 amide bonds. The van der Waals surface area contributed by atoms with Crippen molar-refractivity contribution in [2.24, 2.45) is 0 Å². The van der Waals surface area contributed by atoms with Crippen molar-refractivity contribution in [3.8, 4) is 0 Å². The molecule has 0 bridgehead atoms. The van der Waals surface area contributed by atoms with Gasteiger partial charge in [-0.3, -0.25) is 9.69 Å². The minimum atomic E-state index is -1.43. The average Bonchev–Trinajstić information content (AvgIpc) is 2.39. The standard InChI is InChI=1S/C12H23N3O4/c1-12(2,15-7-5-13-6-8-15)11(19)14-4-3-9(16)10(17)18/h9,13,16H,3-8H2,1-2H3,(H,14,19)(H,17,18)/t9-/m0/s1. The fourth-order valence-corrected chi connectivity index (χ4v) is 2.03. The minimum absolute atomic E-state index is 0.0126. The molecule has 0 unspecified atom stereocenters. The van der Waals surface area contributed by atoms with Gasteiger partial charge in [0, 0.05) is 39.1 Å². The number of carboxylic acid groups (broad SMARTS) is 1. The van der Waals surface area contributed by atoms with Crippen LogP contribution in [0.25, 0.3) is 0 Å². The van der Waals surface area contributed by atoms with E-state index in [1.54, 1.807) is 0 Å². The highest BCUT2D eigenvalue weighted by molar-refractivity contribution is 5.85. The van der Waals surface area contributed by atoms with Crippen LogP contribution < -0.4 is 10.6 Å². The number of carbonyl (C=O) groups excluding carboxylic acids is 1. The maximum absolute atomic E-state index is 12.1. The Hall–Kier alpha value is -1.18. The predicted molar refractivity (Wildman–Crippen MR) is 69.8 cm³/mol. The lowest BCUT2D eigenvalue weighted by Crippen LogP contribution is -2.60. The van der Waals surface area contributed by atoms with Gasteiger partial charge in [0.25, 0.3) is 0 Å². The number of aliphatic hydroxyl groups is 1. The van der Waals surface area contributed by atoms with Gasteiger partial charge in [-0.15, -0.1) is 0 Å². The van der Waals surface area contributed by atoms with Gasteiger partial charge in [-0.2, -0.15) is 0 Å². The molecule has 0 aliphatic carbocycles. The van der Waals surface area contributed by atoms with E-state index < -0.39 is 17.6 Å². The van der Waals surface area contributed by atoms with Crippen molar-refractivity contribution >= 4 is 11.9 Å². The molecule has 0 spiro atoms. The highest BCUT2D eigenvalue weighted by atomic mass is 16.4. The minimum Gasteiger partial charge on any atom is -0.479 e. The lowest BCUT2D eigenvalue weighted by atomic mass is 10.0. The molecule has 0 radical (unpaired) electrons. The van der Waals surface area contributed by atoms with Crippen LogP contribution in [-0.4, -0.2) is 71.4 Å². The largest absolute Gasteiger partial charge is 0.479 e. The van der Waals surface area contributed by atoms with Gasteiger partial charge >= 0.3 is 5.97 Å². The summed E-state index contributed by atoms with van der Waals surface area (Å²) < 4.78 is 0. The van der Waals surface area contributed by atoms with E-state index in [0.29, 0.717) is 0 Å². The second-order valence-corrected chi connectivity index (χ2v) is 5.19. The molecule has 1 atom stereocenters. The van der Waals surface area contributed by atoms with Crippen LogP contribution in [0.5, 0.6) is 0 Å². The predicted octanol–water partition coefficient (Wildman–Crippen LogP) is -1.38. The van der Waals surface area contributed by atoms with Crippen LogP contribution in [0, 0.1) is 0 Å². The zero-order valence-corrected chi connectivity index (χ0v) is 11.5. The van der Waals surface area contributed by atoms with E-state index >= 15 is 0 Å². The quantitative estimate of drug-likeness (QED) is 0.476. The Bertz CT molecular complexity index is 327. The van der Waals surface area contributed by atoms with Gasteiger partial charge in [-0.25, -0.2) is 4.79 Å². The normalized spacial score (nSPS) is 18.9. The summed E-state index contributed by atoms with van der Waals surface area (Å²) in [7, 11) is 0.